The molecule has 0 rings (SSSR count). The van der Waals surface area contributed by atoms with E-state index in [9.17, 15) is 4.79 Å². The third-order valence-corrected chi connectivity index (χ3v) is 0.594. The van der Waals surface area contributed by atoms with E-state index in [-0.39, 0.29) is 6.10 Å². The highest BCUT2D eigenvalue weighted by atomic mass is 16.5. The molecule has 0 atom stereocenters. The molecule has 0 aromatic heterocycles. The molecule has 9 heavy (non-hydrogen) atoms. The lowest BCUT2D eigenvalue weighted by Gasteiger charge is -2.00. The number of ether oxygens (including phenoxy) is 1. The van der Waals surface area contributed by atoms with Gasteiger partial charge >= 0.3 is 0 Å². The van der Waals surface area contributed by atoms with Crippen LogP contribution in [0.3, 0.4) is 0 Å². The first-order valence-corrected chi connectivity index (χ1v) is 2.79. The van der Waals surface area contributed by atoms with Gasteiger partial charge in [-0.05, 0) is 19.9 Å². The van der Waals surface area contributed by atoms with Gasteiger partial charge in [0.2, 0.25) is 0 Å². The average molecular weight is 126 g/mol. The third-order valence-electron chi connectivity index (χ3n) is 0.594. The Morgan fingerprint density at radius 2 is 2.22 bits per heavy atom. The molecule has 0 bridgehead atoms. The molecule has 0 aromatic rings. The van der Waals surface area contributed by atoms with Crippen LogP contribution in [0.4, 0.5) is 0 Å². The van der Waals surface area contributed by atoms with E-state index in [0.717, 1.165) is 0 Å². The maximum absolute atomic E-state index is 9.56. The Morgan fingerprint density at radius 1 is 1.56 bits per heavy atom. The molecule has 0 radical (unpaired) electrons. The van der Waals surface area contributed by atoms with Gasteiger partial charge < -0.3 is 4.74 Å². The van der Waals surface area contributed by atoms with E-state index in [0.29, 0.717) is 0 Å². The van der Waals surface area contributed by atoms with Crippen LogP contribution in [0.15, 0.2) is 18.4 Å². The van der Waals surface area contributed by atoms with Crippen LogP contribution in [0.2, 0.25) is 0 Å². The van der Waals surface area contributed by atoms with Crippen LogP contribution in [0.25, 0.3) is 0 Å². The second kappa shape index (κ2) is 5.13. The van der Waals surface area contributed by atoms with Gasteiger partial charge in [0.1, 0.15) is 5.94 Å². The Morgan fingerprint density at radius 3 is 2.67 bits per heavy atom. The monoisotopic (exact) mass is 126 g/mol. The van der Waals surface area contributed by atoms with E-state index in [1.165, 1.54) is 18.4 Å². The van der Waals surface area contributed by atoms with Gasteiger partial charge in [-0.3, -0.25) is 0 Å². The van der Waals surface area contributed by atoms with Crippen molar-refractivity contribution in [3.05, 3.63) is 18.4 Å². The standard InChI is InChI=1S/C7H10O2/c1-7(2)9-6-4-3-5-8/h3-4,6-7H,1-2H3. The molecule has 0 aliphatic carbocycles. The molecule has 50 valence electrons. The van der Waals surface area contributed by atoms with Crippen molar-refractivity contribution >= 4 is 5.94 Å². The molecule has 2 nitrogen and oxygen atoms in total. The third kappa shape index (κ3) is 6.99. The summed E-state index contributed by atoms with van der Waals surface area (Å²) in [4.78, 5) is 9.56. The number of hydrogen-bond donors (Lipinski definition) is 0. The molecule has 2 heteroatoms. The van der Waals surface area contributed by atoms with E-state index in [4.69, 9.17) is 4.74 Å². The van der Waals surface area contributed by atoms with Crippen LogP contribution in [0.5, 0.6) is 0 Å². The summed E-state index contributed by atoms with van der Waals surface area (Å²) in [6.45, 7) is 3.82. The Labute approximate surface area is 54.8 Å². The Hall–Kier alpha value is -1.01. The normalized spacial score (nSPS) is 9.67. The molecule has 0 amide bonds. The van der Waals surface area contributed by atoms with Crippen molar-refractivity contribution in [1.29, 1.82) is 0 Å². The highest BCUT2D eigenvalue weighted by Crippen LogP contribution is 1.87. The van der Waals surface area contributed by atoms with Crippen LogP contribution in [-0.4, -0.2) is 12.0 Å². The molecule has 0 unspecified atom stereocenters. The second-order valence-corrected chi connectivity index (χ2v) is 1.80. The Balaban J connectivity index is 3.36. The molecule has 0 N–H and O–H groups in total. The van der Waals surface area contributed by atoms with Crippen LogP contribution in [-0.2, 0) is 9.53 Å². The second-order valence-electron chi connectivity index (χ2n) is 1.80. The molecule has 0 spiro atoms. The summed E-state index contributed by atoms with van der Waals surface area (Å²) in [6.07, 6.45) is 4.40. The highest BCUT2D eigenvalue weighted by molar-refractivity contribution is 5.48. The summed E-state index contributed by atoms with van der Waals surface area (Å²) >= 11 is 0. The lowest BCUT2D eigenvalue weighted by molar-refractivity contribution is 0.179. The summed E-state index contributed by atoms with van der Waals surface area (Å²) in [7, 11) is 0. The van der Waals surface area contributed by atoms with E-state index in [1.807, 2.05) is 13.8 Å². The van der Waals surface area contributed by atoms with Gasteiger partial charge in [-0.1, -0.05) is 0 Å². The van der Waals surface area contributed by atoms with E-state index < -0.39 is 0 Å². The first-order chi connectivity index (χ1) is 4.27. The molecule has 0 saturated heterocycles. The van der Waals surface area contributed by atoms with Gasteiger partial charge in [-0.2, -0.15) is 0 Å². The summed E-state index contributed by atoms with van der Waals surface area (Å²) in [5.74, 6) is 1.60. The van der Waals surface area contributed by atoms with Gasteiger partial charge in [0, 0.05) is 6.08 Å². The summed E-state index contributed by atoms with van der Waals surface area (Å²) in [5.41, 5.74) is 0. The molecular weight excluding hydrogens is 116 g/mol. The lowest BCUT2D eigenvalue weighted by Crippen LogP contribution is -1.94. The topological polar surface area (TPSA) is 26.3 Å². The highest BCUT2D eigenvalue weighted by Gasteiger charge is 1.82. The number of allylic oxidation sites excluding steroid dienone is 2. The van der Waals surface area contributed by atoms with E-state index in [1.54, 1.807) is 5.94 Å². The van der Waals surface area contributed by atoms with Crippen molar-refractivity contribution in [1.82, 2.24) is 0 Å². The van der Waals surface area contributed by atoms with Crippen molar-refractivity contribution in [3.63, 3.8) is 0 Å². The minimum Gasteiger partial charge on any atom is -0.499 e. The van der Waals surface area contributed by atoms with Crippen molar-refractivity contribution in [3.8, 4) is 0 Å². The van der Waals surface area contributed by atoms with E-state index in [2.05, 4.69) is 0 Å². The first-order valence-electron chi connectivity index (χ1n) is 2.79. The summed E-state index contributed by atoms with van der Waals surface area (Å²) in [5, 5.41) is 0. The smallest absolute Gasteiger partial charge is 0.124 e. The minimum atomic E-state index is 0.168. The van der Waals surface area contributed by atoms with Crippen molar-refractivity contribution in [2.24, 2.45) is 0 Å². The molecule has 0 fully saturated rings. The van der Waals surface area contributed by atoms with Crippen LogP contribution in [0, 0.1) is 0 Å². The average Bonchev–Trinajstić information content (AvgIpc) is 1.80. The maximum atomic E-state index is 9.56. The zero-order valence-corrected chi connectivity index (χ0v) is 5.63. The molecule has 0 aromatic carbocycles. The first kappa shape index (κ1) is 7.99. The molecule has 0 aliphatic rings. The quantitative estimate of drug-likeness (QED) is 0.324. The number of carbonyl (C=O) groups excluding carboxylic acids is 1. The fourth-order valence-corrected chi connectivity index (χ4v) is 0.281. The van der Waals surface area contributed by atoms with Crippen LogP contribution < -0.4 is 0 Å². The molecule has 0 saturated carbocycles. The van der Waals surface area contributed by atoms with Gasteiger partial charge in [-0.15, -0.1) is 0 Å². The van der Waals surface area contributed by atoms with Gasteiger partial charge in [0.15, 0.2) is 0 Å². The molecular formula is C7H10O2. The number of rotatable bonds is 3. The summed E-state index contributed by atoms with van der Waals surface area (Å²) in [6, 6.07) is 0. The predicted octanol–water partition coefficient (Wildman–Crippen LogP) is 1.31. The molecule has 0 heterocycles. The lowest BCUT2D eigenvalue weighted by atomic mass is 10.5. The Kier molecular flexibility index (Phi) is 4.56. The van der Waals surface area contributed by atoms with E-state index >= 15 is 0 Å². The SMILES string of the molecule is CC(C)OC=CC=C=O. The zero-order valence-electron chi connectivity index (χ0n) is 5.63. The fraction of sp³-hybridized carbons (Fsp3) is 0.429. The maximum Gasteiger partial charge on any atom is 0.124 e. The number of hydrogen-bond acceptors (Lipinski definition) is 2. The van der Waals surface area contributed by atoms with Crippen molar-refractivity contribution in [2.45, 2.75) is 20.0 Å². The summed E-state index contributed by atoms with van der Waals surface area (Å²) < 4.78 is 4.95. The van der Waals surface area contributed by atoms with Crippen molar-refractivity contribution in [2.75, 3.05) is 0 Å². The van der Waals surface area contributed by atoms with Crippen LogP contribution in [0.1, 0.15) is 13.8 Å². The fourth-order valence-electron chi connectivity index (χ4n) is 0.281. The Bertz CT molecular complexity index is 130. The largest absolute Gasteiger partial charge is 0.499 e. The van der Waals surface area contributed by atoms with Gasteiger partial charge in [0.05, 0.1) is 12.4 Å². The molecule has 0 aliphatic heterocycles. The minimum absolute atomic E-state index is 0.168. The van der Waals surface area contributed by atoms with Gasteiger partial charge in [0.25, 0.3) is 0 Å². The zero-order chi connectivity index (χ0) is 7.11. The van der Waals surface area contributed by atoms with Gasteiger partial charge in [-0.25, -0.2) is 4.79 Å². The van der Waals surface area contributed by atoms with Crippen molar-refractivity contribution < 1.29 is 9.53 Å². The van der Waals surface area contributed by atoms with Crippen LogP contribution >= 0.6 is 0 Å². The predicted molar refractivity (Wildman–Crippen MR) is 35.6 cm³/mol.